The number of nitrogens with one attached hydrogen (secondary N) is 2. The van der Waals surface area contributed by atoms with E-state index in [4.69, 9.17) is 22.4 Å². The highest BCUT2D eigenvalue weighted by Gasteiger charge is 2.22. The van der Waals surface area contributed by atoms with Gasteiger partial charge in [0.2, 0.25) is 22.1 Å². The molecule has 0 radical (unpaired) electrons. The summed E-state index contributed by atoms with van der Waals surface area (Å²) in [6.45, 7) is 0. The SMILES string of the molecule is COc1cc(NC(=O)CSc2nnc(-c3ccco3)c(-c3ccco3)n2)ccc1O.O=C(CSc1nnc(-c2ccco2)c(-c2ccco2)n1)Nc1c(O)cccc1[N+](=O)[O-]. The Kier molecular flexibility index (Phi) is 13.0. The molecular weight excluding hydrogens is 835 g/mol. The zero-order valence-corrected chi connectivity index (χ0v) is 33.0. The number of furan rings is 4. The molecule has 0 aliphatic rings. The number of aromatic nitrogens is 6. The first kappa shape index (κ1) is 41.2. The minimum atomic E-state index is -0.696. The van der Waals surface area contributed by atoms with Gasteiger partial charge >= 0.3 is 0 Å². The van der Waals surface area contributed by atoms with Crippen molar-refractivity contribution in [3.8, 4) is 63.1 Å². The lowest BCUT2D eigenvalue weighted by Crippen LogP contribution is -2.15. The van der Waals surface area contributed by atoms with Crippen molar-refractivity contribution in [2.45, 2.75) is 10.3 Å². The summed E-state index contributed by atoms with van der Waals surface area (Å²) in [7, 11) is 1.43. The fraction of sp³-hybridized carbons (Fsp3) is 0.0769. The summed E-state index contributed by atoms with van der Waals surface area (Å²) < 4.78 is 26.7. The van der Waals surface area contributed by atoms with Crippen LogP contribution in [-0.2, 0) is 9.59 Å². The van der Waals surface area contributed by atoms with E-state index in [-0.39, 0.29) is 39.8 Å². The molecule has 22 heteroatoms. The van der Waals surface area contributed by atoms with Gasteiger partial charge in [0.15, 0.2) is 51.6 Å². The van der Waals surface area contributed by atoms with Crippen LogP contribution in [0.5, 0.6) is 17.2 Å². The molecule has 2 aromatic carbocycles. The highest BCUT2D eigenvalue weighted by atomic mass is 32.2. The molecule has 4 N–H and O–H groups in total. The number of para-hydroxylation sites is 1. The van der Waals surface area contributed by atoms with Crippen LogP contribution in [0.1, 0.15) is 0 Å². The summed E-state index contributed by atoms with van der Waals surface area (Å²) in [6.07, 6.45) is 6.06. The van der Waals surface area contributed by atoms with E-state index in [1.807, 2.05) is 0 Å². The molecule has 0 saturated heterocycles. The normalized spacial score (nSPS) is 10.7. The van der Waals surface area contributed by atoms with Crippen LogP contribution in [0.3, 0.4) is 0 Å². The Morgan fingerprint density at radius 1 is 0.656 bits per heavy atom. The van der Waals surface area contributed by atoms with E-state index in [1.165, 1.54) is 62.5 Å². The van der Waals surface area contributed by atoms with E-state index in [2.05, 4.69) is 41.0 Å². The molecule has 0 atom stereocenters. The van der Waals surface area contributed by atoms with Crippen LogP contribution < -0.4 is 15.4 Å². The number of hydrogen-bond donors (Lipinski definition) is 4. The number of aromatic hydroxyl groups is 2. The maximum Gasteiger partial charge on any atom is 0.296 e. The van der Waals surface area contributed by atoms with Crippen molar-refractivity contribution in [2.24, 2.45) is 0 Å². The maximum atomic E-state index is 12.3. The van der Waals surface area contributed by atoms with Gasteiger partial charge in [-0.3, -0.25) is 19.7 Å². The molecule has 6 heterocycles. The van der Waals surface area contributed by atoms with E-state index in [1.54, 1.807) is 54.6 Å². The largest absolute Gasteiger partial charge is 0.505 e. The Bertz CT molecular complexity index is 2750. The molecule has 0 spiro atoms. The summed E-state index contributed by atoms with van der Waals surface area (Å²) in [5.74, 6) is 0.789. The zero-order valence-electron chi connectivity index (χ0n) is 31.3. The van der Waals surface area contributed by atoms with Crippen molar-refractivity contribution in [3.05, 3.63) is 120 Å². The Hall–Kier alpha value is -7.98. The molecule has 8 aromatic rings. The predicted octanol–water partition coefficient (Wildman–Crippen LogP) is 7.57. The minimum absolute atomic E-state index is 0.00792. The number of nitro groups is 1. The lowest BCUT2D eigenvalue weighted by molar-refractivity contribution is -0.384. The molecule has 0 bridgehead atoms. The fourth-order valence-corrected chi connectivity index (χ4v) is 6.44. The second-order valence-electron chi connectivity index (χ2n) is 12.0. The van der Waals surface area contributed by atoms with Crippen LogP contribution in [0.2, 0.25) is 0 Å². The van der Waals surface area contributed by atoms with Gasteiger partial charge in [0, 0.05) is 17.8 Å². The van der Waals surface area contributed by atoms with Crippen LogP contribution in [0.4, 0.5) is 17.1 Å². The van der Waals surface area contributed by atoms with E-state index in [9.17, 15) is 29.9 Å². The third-order valence-electron chi connectivity index (χ3n) is 7.96. The lowest BCUT2D eigenvalue weighted by Gasteiger charge is -2.08. The lowest BCUT2D eigenvalue weighted by atomic mass is 10.2. The number of nitro benzene ring substituents is 1. The third kappa shape index (κ3) is 10.2. The molecule has 0 saturated carbocycles. The second-order valence-corrected chi connectivity index (χ2v) is 13.9. The van der Waals surface area contributed by atoms with Crippen LogP contribution in [0, 0.1) is 10.1 Å². The smallest absolute Gasteiger partial charge is 0.296 e. The number of thioether (sulfide) groups is 2. The van der Waals surface area contributed by atoms with Gasteiger partial charge in [-0.05, 0) is 66.7 Å². The second kappa shape index (κ2) is 19.2. The third-order valence-corrected chi connectivity index (χ3v) is 9.64. The summed E-state index contributed by atoms with van der Waals surface area (Å²) in [5.41, 5.74) is 1.48. The van der Waals surface area contributed by atoms with Crippen molar-refractivity contribution < 1.29 is 47.1 Å². The number of methoxy groups -OCH3 is 1. The molecule has 0 aliphatic carbocycles. The minimum Gasteiger partial charge on any atom is -0.505 e. The van der Waals surface area contributed by atoms with Crippen molar-refractivity contribution in [2.75, 3.05) is 29.2 Å². The summed E-state index contributed by atoms with van der Waals surface area (Å²) in [6, 6.07) is 22.1. The van der Waals surface area contributed by atoms with Crippen LogP contribution >= 0.6 is 23.5 Å². The van der Waals surface area contributed by atoms with Crippen molar-refractivity contribution in [1.29, 1.82) is 0 Å². The molecule has 2 amide bonds. The fourth-order valence-electron chi connectivity index (χ4n) is 5.27. The van der Waals surface area contributed by atoms with Crippen LogP contribution in [-0.4, -0.2) is 75.9 Å². The number of rotatable bonds is 14. The van der Waals surface area contributed by atoms with Gasteiger partial charge in [0.1, 0.15) is 17.1 Å². The molecule has 0 fully saturated rings. The Morgan fingerprint density at radius 2 is 1.15 bits per heavy atom. The molecule has 8 rings (SSSR count). The highest BCUT2D eigenvalue weighted by Crippen LogP contribution is 2.35. The maximum absolute atomic E-state index is 12.3. The van der Waals surface area contributed by atoms with Gasteiger partial charge in [-0.25, -0.2) is 9.97 Å². The van der Waals surface area contributed by atoms with Crippen molar-refractivity contribution in [1.82, 2.24) is 30.4 Å². The van der Waals surface area contributed by atoms with Crippen LogP contribution in [0.15, 0.2) is 138 Å². The number of ether oxygens (including phenoxy) is 1. The van der Waals surface area contributed by atoms with Gasteiger partial charge in [0.05, 0.1) is 48.6 Å². The molecular formula is C39H29N9O11S2. The zero-order chi connectivity index (χ0) is 42.7. The predicted molar refractivity (Wildman–Crippen MR) is 219 cm³/mol. The first-order chi connectivity index (χ1) is 29.7. The average Bonchev–Trinajstić information content (AvgIpc) is 4.13. The molecule has 6 aromatic heterocycles. The van der Waals surface area contributed by atoms with E-state index < -0.39 is 22.3 Å². The van der Waals surface area contributed by atoms with Crippen LogP contribution in [0.25, 0.3) is 45.8 Å². The standard InChI is InChI=1S/C20H16N4O5S.C19H13N5O6S/c1-27-16-10-12(6-7-13(16)25)21-17(26)11-30-20-22-18(14-4-2-8-28-14)19(23-24-20)15-5-3-9-29-15;25-12-5-1-4-11(24(27)28)16(12)20-15(26)10-31-19-21-17(13-6-2-8-29-13)18(22-23-19)14-7-3-9-30-14/h2-10,25H,11H2,1H3,(H,21,26);1-9,25H,10H2,(H,20,26). The van der Waals surface area contributed by atoms with Gasteiger partial charge < -0.3 is 43.3 Å². The highest BCUT2D eigenvalue weighted by molar-refractivity contribution is 8.00. The number of anilines is 2. The molecule has 0 unspecified atom stereocenters. The molecule has 20 nitrogen and oxygen atoms in total. The number of carbonyl (C=O) groups excluding carboxylic acids is 2. The van der Waals surface area contributed by atoms with Gasteiger partial charge in [-0.1, -0.05) is 29.6 Å². The van der Waals surface area contributed by atoms with E-state index in [0.29, 0.717) is 56.7 Å². The number of benzene rings is 2. The molecule has 308 valence electrons. The number of nitrogens with zero attached hydrogens (tertiary/aromatic N) is 7. The summed E-state index contributed by atoms with van der Waals surface area (Å²) in [4.78, 5) is 43.9. The monoisotopic (exact) mass is 863 g/mol. The summed E-state index contributed by atoms with van der Waals surface area (Å²) >= 11 is 2.09. The Labute approximate surface area is 351 Å². The van der Waals surface area contributed by atoms with Crippen molar-refractivity contribution >= 4 is 52.4 Å². The first-order valence-electron chi connectivity index (χ1n) is 17.5. The summed E-state index contributed by atoms with van der Waals surface area (Å²) in [5, 5.41) is 52.6. The number of phenols is 2. The average molecular weight is 864 g/mol. The number of amides is 2. The van der Waals surface area contributed by atoms with E-state index in [0.717, 1.165) is 23.5 Å². The Morgan fingerprint density at radius 3 is 1.61 bits per heavy atom. The Balaban J connectivity index is 0.000000184. The quantitative estimate of drug-likeness (QED) is 0.0269. The van der Waals surface area contributed by atoms with Gasteiger partial charge in [-0.2, -0.15) is 0 Å². The van der Waals surface area contributed by atoms with Gasteiger partial charge in [-0.15, -0.1) is 20.4 Å². The number of phenolic OH excluding ortho intramolecular Hbond substituents is 2. The first-order valence-corrected chi connectivity index (χ1v) is 19.5. The van der Waals surface area contributed by atoms with E-state index >= 15 is 0 Å². The van der Waals surface area contributed by atoms with Gasteiger partial charge in [0.25, 0.3) is 5.69 Å². The topological polar surface area (TPSA) is 281 Å². The number of hydrogen-bond acceptors (Lipinski definition) is 19. The van der Waals surface area contributed by atoms with Crippen molar-refractivity contribution in [3.63, 3.8) is 0 Å². The molecule has 61 heavy (non-hydrogen) atoms. The number of carbonyl (C=O) groups is 2. The molecule has 0 aliphatic heterocycles.